The highest BCUT2D eigenvalue weighted by atomic mass is 35.5. The Balaban J connectivity index is 2.00. The van der Waals surface area contributed by atoms with Crippen LogP contribution in [0.3, 0.4) is 0 Å². The Hall–Kier alpha value is -1.55. The average Bonchev–Trinajstić information content (AvgIpc) is 2.74. The first-order valence-electron chi connectivity index (χ1n) is 7.24. The van der Waals surface area contributed by atoms with E-state index in [1.54, 1.807) is 29.2 Å². The second kappa shape index (κ2) is 5.34. The minimum absolute atomic E-state index is 0.00418. The molecule has 1 spiro atoms. The van der Waals surface area contributed by atoms with Crippen molar-refractivity contribution in [3.8, 4) is 0 Å². The second-order valence-corrected chi connectivity index (χ2v) is 6.38. The summed E-state index contributed by atoms with van der Waals surface area (Å²) in [6.07, 6.45) is 6.23. The molecule has 111 valence electrons. The summed E-state index contributed by atoms with van der Waals surface area (Å²) in [7, 11) is 0. The predicted molar refractivity (Wildman–Crippen MR) is 81.7 cm³/mol. The van der Waals surface area contributed by atoms with Crippen LogP contribution in [0, 0.1) is 11.8 Å². The Labute approximate surface area is 129 Å². The van der Waals surface area contributed by atoms with Gasteiger partial charge in [0, 0.05) is 10.7 Å². The van der Waals surface area contributed by atoms with Crippen LogP contribution in [0.1, 0.15) is 32.1 Å². The van der Waals surface area contributed by atoms with Crippen LogP contribution in [0.25, 0.3) is 0 Å². The van der Waals surface area contributed by atoms with Gasteiger partial charge in [0.15, 0.2) is 0 Å². The van der Waals surface area contributed by atoms with E-state index in [0.717, 1.165) is 25.7 Å². The van der Waals surface area contributed by atoms with Gasteiger partial charge in [0.25, 0.3) is 0 Å². The van der Waals surface area contributed by atoms with Crippen LogP contribution in [0.5, 0.6) is 0 Å². The minimum Gasteiger partial charge on any atom is -0.368 e. The van der Waals surface area contributed by atoms with Crippen LogP contribution in [-0.2, 0) is 9.59 Å². The van der Waals surface area contributed by atoms with E-state index in [4.69, 9.17) is 17.3 Å². The number of primary amides is 1. The maximum Gasteiger partial charge on any atom is 0.240 e. The number of hydrogen-bond acceptors (Lipinski definition) is 2. The highest BCUT2D eigenvalue weighted by Crippen LogP contribution is 2.48. The topological polar surface area (TPSA) is 63.4 Å². The van der Waals surface area contributed by atoms with Crippen LogP contribution in [0.4, 0.5) is 5.69 Å². The maximum atomic E-state index is 13.0. The lowest BCUT2D eigenvalue weighted by molar-refractivity contribution is -0.126. The van der Waals surface area contributed by atoms with E-state index in [9.17, 15) is 9.59 Å². The zero-order chi connectivity index (χ0) is 15.0. The van der Waals surface area contributed by atoms with Crippen molar-refractivity contribution in [2.24, 2.45) is 11.1 Å². The van der Waals surface area contributed by atoms with Gasteiger partial charge in [-0.05, 0) is 43.9 Å². The number of nitrogens with two attached hydrogens (primary N) is 1. The van der Waals surface area contributed by atoms with Crippen molar-refractivity contribution in [2.75, 3.05) is 4.90 Å². The van der Waals surface area contributed by atoms with Crippen LogP contribution in [0.2, 0.25) is 5.02 Å². The van der Waals surface area contributed by atoms with Gasteiger partial charge in [-0.3, -0.25) is 14.5 Å². The Bertz CT molecular complexity index is 581. The lowest BCUT2D eigenvalue weighted by Gasteiger charge is -2.31. The first-order valence-corrected chi connectivity index (χ1v) is 7.61. The highest BCUT2D eigenvalue weighted by Gasteiger charge is 2.53. The molecule has 2 amide bonds. The third kappa shape index (κ3) is 2.42. The van der Waals surface area contributed by atoms with E-state index in [2.05, 4.69) is 6.42 Å². The smallest absolute Gasteiger partial charge is 0.240 e. The number of carbonyl (C=O) groups is 2. The van der Waals surface area contributed by atoms with Crippen molar-refractivity contribution in [3.05, 3.63) is 35.7 Å². The summed E-state index contributed by atoms with van der Waals surface area (Å²) in [5.74, 6) is -0.449. The summed E-state index contributed by atoms with van der Waals surface area (Å²) < 4.78 is 0. The normalized spacial score (nSPS) is 24.5. The number of amides is 2. The zero-order valence-corrected chi connectivity index (χ0v) is 12.5. The molecule has 1 aromatic rings. The van der Waals surface area contributed by atoms with E-state index in [-0.39, 0.29) is 5.91 Å². The molecule has 1 saturated carbocycles. The van der Waals surface area contributed by atoms with Gasteiger partial charge in [-0.25, -0.2) is 0 Å². The number of anilines is 1. The standard InChI is InChI=1S/C16H18ClN2O2/c17-11-5-4-6-12(9-11)19-13(14(18)20)10-16(15(19)21)7-2-1-3-8-16/h2,4-6,9,13H,1,3,7-8,10H2,(H2,18,20). The van der Waals surface area contributed by atoms with Crippen molar-refractivity contribution in [1.29, 1.82) is 0 Å². The van der Waals surface area contributed by atoms with Gasteiger partial charge in [0.05, 0.1) is 5.41 Å². The Kier molecular flexibility index (Phi) is 3.66. The number of nitrogens with zero attached hydrogens (tertiary/aromatic N) is 1. The van der Waals surface area contributed by atoms with Crippen molar-refractivity contribution in [3.63, 3.8) is 0 Å². The van der Waals surface area contributed by atoms with Gasteiger partial charge in [-0.15, -0.1) is 0 Å². The van der Waals surface area contributed by atoms with E-state index >= 15 is 0 Å². The van der Waals surface area contributed by atoms with Crippen molar-refractivity contribution in [1.82, 2.24) is 0 Å². The fourth-order valence-electron chi connectivity index (χ4n) is 3.54. The molecule has 1 radical (unpaired) electrons. The molecule has 2 unspecified atom stereocenters. The summed E-state index contributed by atoms with van der Waals surface area (Å²) in [4.78, 5) is 26.3. The van der Waals surface area contributed by atoms with E-state index in [1.807, 2.05) is 0 Å². The van der Waals surface area contributed by atoms with Crippen molar-refractivity contribution >= 4 is 29.1 Å². The summed E-state index contributed by atoms with van der Waals surface area (Å²) in [5.41, 5.74) is 5.73. The number of hydrogen-bond donors (Lipinski definition) is 1. The molecule has 2 fully saturated rings. The average molecular weight is 306 g/mol. The molecule has 2 atom stereocenters. The Morgan fingerprint density at radius 3 is 2.86 bits per heavy atom. The summed E-state index contributed by atoms with van der Waals surface area (Å²) >= 11 is 6.02. The van der Waals surface area contributed by atoms with E-state index in [0.29, 0.717) is 17.1 Å². The molecule has 2 N–H and O–H groups in total. The molecule has 21 heavy (non-hydrogen) atoms. The summed E-state index contributed by atoms with van der Waals surface area (Å²) in [6.45, 7) is 0. The number of benzene rings is 1. The first-order chi connectivity index (χ1) is 10.0. The van der Waals surface area contributed by atoms with Crippen LogP contribution in [-0.4, -0.2) is 17.9 Å². The third-order valence-electron chi connectivity index (χ3n) is 4.58. The molecular weight excluding hydrogens is 288 g/mol. The molecule has 1 saturated heterocycles. The maximum absolute atomic E-state index is 13.0. The van der Waals surface area contributed by atoms with Gasteiger partial charge in [-0.1, -0.05) is 30.5 Å². The predicted octanol–water partition coefficient (Wildman–Crippen LogP) is 2.70. The van der Waals surface area contributed by atoms with Crippen molar-refractivity contribution < 1.29 is 9.59 Å². The van der Waals surface area contributed by atoms with Crippen LogP contribution >= 0.6 is 11.6 Å². The fourth-order valence-corrected chi connectivity index (χ4v) is 3.73. The molecular formula is C16H18ClN2O2. The molecule has 0 bridgehead atoms. The molecule has 0 aromatic heterocycles. The van der Waals surface area contributed by atoms with E-state index in [1.165, 1.54) is 0 Å². The molecule has 1 aliphatic heterocycles. The molecule has 1 heterocycles. The fraction of sp³-hybridized carbons (Fsp3) is 0.438. The summed E-state index contributed by atoms with van der Waals surface area (Å²) in [6, 6.07) is 6.45. The highest BCUT2D eigenvalue weighted by molar-refractivity contribution is 6.31. The van der Waals surface area contributed by atoms with Crippen LogP contribution in [0.15, 0.2) is 24.3 Å². The number of rotatable bonds is 2. The summed E-state index contributed by atoms with van der Waals surface area (Å²) in [5, 5.41) is 0.541. The second-order valence-electron chi connectivity index (χ2n) is 5.94. The van der Waals surface area contributed by atoms with Gasteiger partial charge in [-0.2, -0.15) is 0 Å². The molecule has 5 heteroatoms. The van der Waals surface area contributed by atoms with Crippen molar-refractivity contribution in [2.45, 2.75) is 38.1 Å². The number of halogens is 1. The van der Waals surface area contributed by atoms with Gasteiger partial charge < -0.3 is 5.73 Å². The first kappa shape index (κ1) is 14.4. The molecule has 2 aliphatic rings. The molecule has 4 nitrogen and oxygen atoms in total. The Morgan fingerprint density at radius 2 is 2.24 bits per heavy atom. The quantitative estimate of drug-likeness (QED) is 0.913. The van der Waals surface area contributed by atoms with Crippen LogP contribution < -0.4 is 10.6 Å². The van der Waals surface area contributed by atoms with Gasteiger partial charge in [0.1, 0.15) is 6.04 Å². The lowest BCUT2D eigenvalue weighted by atomic mass is 9.72. The molecule has 3 rings (SSSR count). The monoisotopic (exact) mass is 305 g/mol. The van der Waals surface area contributed by atoms with E-state index < -0.39 is 17.4 Å². The SMILES string of the molecule is NC(=O)C1CC2(C[CH]CCC2)C(=O)N1c1cccc(Cl)c1. The van der Waals surface area contributed by atoms with Gasteiger partial charge >= 0.3 is 0 Å². The lowest BCUT2D eigenvalue weighted by Crippen LogP contribution is -2.43. The van der Waals surface area contributed by atoms with Gasteiger partial charge in [0.2, 0.25) is 11.8 Å². The number of carbonyl (C=O) groups excluding carboxylic acids is 2. The zero-order valence-electron chi connectivity index (χ0n) is 11.7. The Morgan fingerprint density at radius 1 is 1.43 bits per heavy atom. The minimum atomic E-state index is -0.581. The largest absolute Gasteiger partial charge is 0.368 e. The molecule has 1 aromatic carbocycles. The molecule has 1 aliphatic carbocycles. The third-order valence-corrected chi connectivity index (χ3v) is 4.82.